The van der Waals surface area contributed by atoms with Gasteiger partial charge in [0.1, 0.15) is 4.90 Å². The zero-order valence-electron chi connectivity index (χ0n) is 11.7. The van der Waals surface area contributed by atoms with Crippen LogP contribution in [0.2, 0.25) is 10.0 Å². The van der Waals surface area contributed by atoms with E-state index >= 15 is 0 Å². The summed E-state index contributed by atoms with van der Waals surface area (Å²) < 4.78 is 32.0. The fourth-order valence-corrected chi connectivity index (χ4v) is 3.54. The van der Waals surface area contributed by atoms with Crippen molar-refractivity contribution in [2.75, 3.05) is 19.8 Å². The lowest BCUT2D eigenvalue weighted by atomic mass is 10.2. The first-order chi connectivity index (χ1) is 9.92. The standard InChI is InChI=1S/C13H19Cl2NO4S/c1-2-3-5-20-6-4-16-21(18,19)12-8-11(14)7-10(9-17)13(12)15/h7-8,16-17H,2-6,9H2,1H3. The van der Waals surface area contributed by atoms with E-state index < -0.39 is 10.0 Å². The van der Waals surface area contributed by atoms with Gasteiger partial charge in [-0.2, -0.15) is 0 Å². The van der Waals surface area contributed by atoms with Crippen LogP contribution in [0, 0.1) is 0 Å². The topological polar surface area (TPSA) is 75.6 Å². The summed E-state index contributed by atoms with van der Waals surface area (Å²) in [5.41, 5.74) is 0.267. The molecule has 0 bridgehead atoms. The molecule has 0 atom stereocenters. The van der Waals surface area contributed by atoms with E-state index in [2.05, 4.69) is 4.72 Å². The zero-order valence-corrected chi connectivity index (χ0v) is 14.1. The maximum absolute atomic E-state index is 12.2. The highest BCUT2D eigenvalue weighted by Crippen LogP contribution is 2.29. The summed E-state index contributed by atoms with van der Waals surface area (Å²) >= 11 is 11.8. The van der Waals surface area contributed by atoms with Crippen LogP contribution in [0.15, 0.2) is 17.0 Å². The Bertz CT molecular complexity index is 564. The fourth-order valence-electron chi connectivity index (χ4n) is 1.60. The minimum absolute atomic E-state index is 0.0266. The molecule has 1 aromatic carbocycles. The Hall–Kier alpha value is -0.370. The second-order valence-electron chi connectivity index (χ2n) is 4.40. The lowest BCUT2D eigenvalue weighted by molar-refractivity contribution is 0.136. The van der Waals surface area contributed by atoms with Crippen molar-refractivity contribution in [2.45, 2.75) is 31.3 Å². The van der Waals surface area contributed by atoms with E-state index in [0.717, 1.165) is 12.8 Å². The van der Waals surface area contributed by atoms with Crippen molar-refractivity contribution in [2.24, 2.45) is 0 Å². The highest BCUT2D eigenvalue weighted by Gasteiger charge is 2.20. The van der Waals surface area contributed by atoms with Crippen LogP contribution in [0.4, 0.5) is 0 Å². The van der Waals surface area contributed by atoms with Gasteiger partial charge in [0.15, 0.2) is 0 Å². The van der Waals surface area contributed by atoms with Gasteiger partial charge in [-0.1, -0.05) is 36.5 Å². The van der Waals surface area contributed by atoms with Crippen molar-refractivity contribution < 1.29 is 18.3 Å². The third kappa shape index (κ3) is 5.73. The monoisotopic (exact) mass is 355 g/mol. The van der Waals surface area contributed by atoms with Crippen LogP contribution in [0.5, 0.6) is 0 Å². The molecular formula is C13H19Cl2NO4S. The lowest BCUT2D eigenvalue weighted by Gasteiger charge is -2.11. The third-order valence-electron chi connectivity index (χ3n) is 2.72. The molecule has 0 fully saturated rings. The number of benzene rings is 1. The number of ether oxygens (including phenoxy) is 1. The van der Waals surface area contributed by atoms with Crippen LogP contribution in [0.25, 0.3) is 0 Å². The highest BCUT2D eigenvalue weighted by atomic mass is 35.5. The van der Waals surface area contributed by atoms with Gasteiger partial charge in [0.2, 0.25) is 10.0 Å². The van der Waals surface area contributed by atoms with Gasteiger partial charge in [-0.25, -0.2) is 13.1 Å². The van der Waals surface area contributed by atoms with Crippen molar-refractivity contribution in [3.8, 4) is 0 Å². The third-order valence-corrected chi connectivity index (χ3v) is 4.98. The molecule has 120 valence electrons. The first-order valence-corrected chi connectivity index (χ1v) is 8.82. The lowest BCUT2D eigenvalue weighted by Crippen LogP contribution is -2.28. The molecule has 21 heavy (non-hydrogen) atoms. The molecule has 0 saturated heterocycles. The predicted molar refractivity (Wildman–Crippen MR) is 83.3 cm³/mol. The first-order valence-electron chi connectivity index (χ1n) is 6.58. The number of sulfonamides is 1. The number of aliphatic hydroxyl groups is 1. The van der Waals surface area contributed by atoms with Crippen LogP contribution in [0.1, 0.15) is 25.3 Å². The molecule has 2 N–H and O–H groups in total. The van der Waals surface area contributed by atoms with Gasteiger partial charge in [0, 0.05) is 18.2 Å². The molecule has 8 heteroatoms. The molecule has 5 nitrogen and oxygen atoms in total. The Morgan fingerprint density at radius 3 is 2.62 bits per heavy atom. The van der Waals surface area contributed by atoms with E-state index in [0.29, 0.717) is 6.61 Å². The summed E-state index contributed by atoms with van der Waals surface area (Å²) in [6.45, 7) is 2.69. The van der Waals surface area contributed by atoms with Gasteiger partial charge in [0.25, 0.3) is 0 Å². The molecule has 0 radical (unpaired) electrons. The summed E-state index contributed by atoms with van der Waals surface area (Å²) in [5.74, 6) is 0. The first kappa shape index (κ1) is 18.7. The number of unbranched alkanes of at least 4 members (excludes halogenated alkanes) is 1. The quantitative estimate of drug-likeness (QED) is 0.667. The molecule has 0 aliphatic rings. The molecule has 0 aromatic heterocycles. The highest BCUT2D eigenvalue weighted by molar-refractivity contribution is 7.89. The molecule has 1 aromatic rings. The Kier molecular flexibility index (Phi) is 7.94. The van der Waals surface area contributed by atoms with Crippen molar-refractivity contribution >= 4 is 33.2 Å². The maximum Gasteiger partial charge on any atom is 0.242 e. The van der Waals surface area contributed by atoms with Gasteiger partial charge in [0.05, 0.1) is 18.2 Å². The van der Waals surface area contributed by atoms with Crippen LogP contribution >= 0.6 is 23.2 Å². The maximum atomic E-state index is 12.2. The van der Waals surface area contributed by atoms with Gasteiger partial charge in [-0.05, 0) is 24.1 Å². The van der Waals surface area contributed by atoms with Crippen LogP contribution in [-0.2, 0) is 21.4 Å². The fraction of sp³-hybridized carbons (Fsp3) is 0.538. The minimum atomic E-state index is -3.80. The smallest absolute Gasteiger partial charge is 0.242 e. The van der Waals surface area contributed by atoms with Gasteiger partial charge >= 0.3 is 0 Å². The van der Waals surface area contributed by atoms with E-state index in [9.17, 15) is 8.42 Å². The van der Waals surface area contributed by atoms with Crippen LogP contribution in [0.3, 0.4) is 0 Å². The Morgan fingerprint density at radius 2 is 2.00 bits per heavy atom. The Labute approximate surface area is 135 Å². The number of nitrogens with one attached hydrogen (secondary N) is 1. The van der Waals surface area contributed by atoms with E-state index in [-0.39, 0.29) is 40.3 Å². The summed E-state index contributed by atoms with van der Waals surface area (Å²) in [6.07, 6.45) is 1.96. The molecule has 0 aliphatic carbocycles. The van der Waals surface area contributed by atoms with Crippen molar-refractivity contribution in [3.05, 3.63) is 27.7 Å². The predicted octanol–water partition coefficient (Wildman–Crippen LogP) is 2.58. The van der Waals surface area contributed by atoms with Crippen molar-refractivity contribution in [1.82, 2.24) is 4.72 Å². The van der Waals surface area contributed by atoms with Crippen molar-refractivity contribution in [3.63, 3.8) is 0 Å². The van der Waals surface area contributed by atoms with Crippen molar-refractivity contribution in [1.29, 1.82) is 0 Å². The normalized spacial score (nSPS) is 11.8. The number of rotatable bonds is 9. The Balaban J connectivity index is 2.72. The Morgan fingerprint density at radius 1 is 1.29 bits per heavy atom. The SMILES string of the molecule is CCCCOCCNS(=O)(=O)c1cc(Cl)cc(CO)c1Cl. The van der Waals surface area contributed by atoms with E-state index in [1.165, 1.54) is 12.1 Å². The van der Waals surface area contributed by atoms with Gasteiger partial charge in [-0.15, -0.1) is 0 Å². The second-order valence-corrected chi connectivity index (χ2v) is 6.95. The molecule has 0 heterocycles. The minimum Gasteiger partial charge on any atom is -0.392 e. The summed E-state index contributed by atoms with van der Waals surface area (Å²) in [7, 11) is -3.80. The average Bonchev–Trinajstić information content (AvgIpc) is 2.44. The molecule has 0 spiro atoms. The van der Waals surface area contributed by atoms with Crippen LogP contribution in [-0.4, -0.2) is 33.3 Å². The molecule has 0 saturated carbocycles. The van der Waals surface area contributed by atoms with E-state index in [1.807, 2.05) is 6.92 Å². The van der Waals surface area contributed by atoms with E-state index in [1.54, 1.807) is 0 Å². The number of halogens is 2. The molecule has 0 amide bonds. The number of hydrogen-bond acceptors (Lipinski definition) is 4. The average molecular weight is 356 g/mol. The molecule has 0 aliphatic heterocycles. The van der Waals surface area contributed by atoms with Gasteiger partial charge in [-0.3, -0.25) is 0 Å². The zero-order chi connectivity index (χ0) is 15.9. The molecule has 0 unspecified atom stereocenters. The molecular weight excluding hydrogens is 337 g/mol. The number of hydrogen-bond donors (Lipinski definition) is 2. The summed E-state index contributed by atoms with van der Waals surface area (Å²) in [4.78, 5) is -0.144. The second kappa shape index (κ2) is 8.92. The van der Waals surface area contributed by atoms with Gasteiger partial charge < -0.3 is 9.84 Å². The summed E-state index contributed by atoms with van der Waals surface area (Å²) in [6, 6.07) is 2.68. The van der Waals surface area contributed by atoms with E-state index in [4.69, 9.17) is 33.0 Å². The largest absolute Gasteiger partial charge is 0.392 e. The van der Waals surface area contributed by atoms with Crippen LogP contribution < -0.4 is 4.72 Å². The number of aliphatic hydroxyl groups excluding tert-OH is 1. The molecule has 1 rings (SSSR count). The summed E-state index contributed by atoms with van der Waals surface area (Å²) in [5, 5.41) is 9.32.